The summed E-state index contributed by atoms with van der Waals surface area (Å²) in [6.45, 7) is 1.99. The molecule has 8 heteroatoms. The lowest BCUT2D eigenvalue weighted by Gasteiger charge is -1.90. The molecule has 0 bridgehead atoms. The molecule has 0 atom stereocenters. The van der Waals surface area contributed by atoms with Crippen molar-refractivity contribution in [3.05, 3.63) is 23.8 Å². The number of imidazole rings is 1. The van der Waals surface area contributed by atoms with E-state index in [1.54, 1.807) is 0 Å². The number of rotatable bonds is 1. The first-order chi connectivity index (χ1) is 6.66. The molecule has 0 aliphatic carbocycles. The van der Waals surface area contributed by atoms with Gasteiger partial charge in [0.25, 0.3) is 0 Å². The summed E-state index contributed by atoms with van der Waals surface area (Å²) in [5.41, 5.74) is 13.4. The number of nitrogens with zero attached hydrogens (tertiary/aromatic N) is 2. The van der Waals surface area contributed by atoms with Crippen LogP contribution in [0.2, 0.25) is 0 Å². The summed E-state index contributed by atoms with van der Waals surface area (Å²) < 4.78 is 0. The van der Waals surface area contributed by atoms with Crippen LogP contribution in [-0.4, -0.2) is 21.4 Å². The van der Waals surface area contributed by atoms with Gasteiger partial charge in [-0.3, -0.25) is 0 Å². The van der Waals surface area contributed by atoms with Crippen LogP contribution in [0, 0.1) is 6.92 Å². The predicted octanol–water partition coefficient (Wildman–Crippen LogP) is 0.795. The van der Waals surface area contributed by atoms with Gasteiger partial charge >= 0.3 is 0 Å². The second-order valence-electron chi connectivity index (χ2n) is 3.07. The Balaban J connectivity index is 0. The molecule has 1 aromatic heterocycles. The van der Waals surface area contributed by atoms with Crippen LogP contribution < -0.4 is 11.5 Å². The van der Waals surface area contributed by atoms with Gasteiger partial charge in [0.15, 0.2) is 5.96 Å². The number of nitrogens with two attached hydrogens (primary N) is 2. The molecule has 0 unspecified atom stereocenters. The number of aromatic amines is 1. The summed E-state index contributed by atoms with van der Waals surface area (Å²) in [6.07, 6.45) is 0. The number of hydrogen-bond acceptors (Lipinski definition) is 2. The van der Waals surface area contributed by atoms with Crippen LogP contribution >= 0.6 is 24.8 Å². The lowest BCUT2D eigenvalue weighted by atomic mass is 10.2. The normalized spacial score (nSPS) is 8.53. The number of hydrogen-bond donors (Lipinski definition) is 3. The highest BCUT2D eigenvalue weighted by atomic mass is 35.5. The Labute approximate surface area is 111 Å². The minimum Gasteiger partial charge on any atom is -0.412 e. The number of nitrogens with one attached hydrogen (secondary N) is 1. The van der Waals surface area contributed by atoms with Crippen molar-refractivity contribution in [2.24, 2.45) is 16.5 Å². The lowest BCUT2D eigenvalue weighted by molar-refractivity contribution is 0.824. The average Bonchev–Trinajstić information content (AvgIpc) is 2.47. The minimum atomic E-state index is 0. The van der Waals surface area contributed by atoms with Crippen LogP contribution in [-0.2, 0) is 0 Å². The third kappa shape index (κ3) is 3.77. The number of halogens is 2. The van der Waals surface area contributed by atoms with Gasteiger partial charge in [-0.05, 0) is 18.6 Å². The molecule has 1 heterocycles. The van der Waals surface area contributed by atoms with Crippen molar-refractivity contribution in [1.29, 1.82) is 0 Å². The first kappa shape index (κ1) is 17.9. The van der Waals surface area contributed by atoms with Gasteiger partial charge in [0, 0.05) is 0 Å². The highest BCUT2D eigenvalue weighted by Crippen LogP contribution is 2.18. The maximum absolute atomic E-state index is 5.25. The van der Waals surface area contributed by atoms with Crippen molar-refractivity contribution >= 4 is 47.8 Å². The molecule has 0 saturated heterocycles. The monoisotopic (exact) mass is 279 g/mol. The number of fused-ring (bicyclic) bond motifs is 1. The number of benzene rings is 1. The first-order valence-electron chi connectivity index (χ1n) is 4.22. The van der Waals surface area contributed by atoms with Crippen molar-refractivity contribution in [3.8, 4) is 0 Å². The van der Waals surface area contributed by atoms with Gasteiger partial charge < -0.3 is 21.9 Å². The van der Waals surface area contributed by atoms with Crippen LogP contribution in [0.1, 0.15) is 5.56 Å². The lowest BCUT2D eigenvalue weighted by Crippen LogP contribution is -2.22. The molecule has 1 aromatic carbocycles. The Bertz CT molecular complexity index is 507. The Morgan fingerprint density at radius 1 is 1.29 bits per heavy atom. The van der Waals surface area contributed by atoms with Crippen molar-refractivity contribution in [2.45, 2.75) is 6.92 Å². The Kier molecular flexibility index (Phi) is 7.31. The number of para-hydroxylation sites is 1. The second kappa shape index (κ2) is 6.95. The van der Waals surface area contributed by atoms with E-state index in [4.69, 9.17) is 11.5 Å². The van der Waals surface area contributed by atoms with E-state index in [9.17, 15) is 0 Å². The highest BCUT2D eigenvalue weighted by Gasteiger charge is 2.02. The molecule has 6 nitrogen and oxygen atoms in total. The fourth-order valence-electron chi connectivity index (χ4n) is 1.34. The largest absolute Gasteiger partial charge is 0.412 e. The molecule has 0 saturated carbocycles. The molecule has 0 aliphatic heterocycles. The zero-order valence-corrected chi connectivity index (χ0v) is 10.7. The van der Waals surface area contributed by atoms with E-state index >= 15 is 0 Å². The minimum absolute atomic E-state index is 0. The standard InChI is InChI=1S/C9H11N5.2ClH.H2O/c1-5-3-2-4-6-7(5)13-9(12-6)14-8(10)11;;;/h2-4H,1H3,(H5,10,11,12,13,14);2*1H;1H2. The maximum atomic E-state index is 5.25. The van der Waals surface area contributed by atoms with Crippen LogP contribution in [0.15, 0.2) is 23.2 Å². The number of aryl methyl sites for hydroxylation is 1. The fourth-order valence-corrected chi connectivity index (χ4v) is 1.34. The van der Waals surface area contributed by atoms with E-state index in [-0.39, 0.29) is 36.2 Å². The molecule has 0 aliphatic rings. The Hall–Kier alpha value is -1.50. The summed E-state index contributed by atoms with van der Waals surface area (Å²) in [4.78, 5) is 11.1. The van der Waals surface area contributed by atoms with Gasteiger partial charge in [0.1, 0.15) is 0 Å². The van der Waals surface area contributed by atoms with Crippen molar-refractivity contribution in [3.63, 3.8) is 0 Å². The number of aromatic nitrogens is 2. The second-order valence-corrected chi connectivity index (χ2v) is 3.07. The number of guanidine groups is 1. The summed E-state index contributed by atoms with van der Waals surface area (Å²) in [5.74, 6) is 0.441. The third-order valence-electron chi connectivity index (χ3n) is 1.94. The van der Waals surface area contributed by atoms with Crippen LogP contribution in [0.4, 0.5) is 5.95 Å². The predicted molar refractivity (Wildman–Crippen MR) is 74.4 cm³/mol. The van der Waals surface area contributed by atoms with E-state index in [0.717, 1.165) is 16.6 Å². The zero-order valence-electron chi connectivity index (χ0n) is 9.10. The molecular weight excluding hydrogens is 265 g/mol. The molecule has 0 spiro atoms. The Morgan fingerprint density at radius 3 is 2.47 bits per heavy atom. The van der Waals surface area contributed by atoms with Gasteiger partial charge in [-0.15, -0.1) is 24.8 Å². The summed E-state index contributed by atoms with van der Waals surface area (Å²) >= 11 is 0. The van der Waals surface area contributed by atoms with Gasteiger partial charge in [-0.2, -0.15) is 4.99 Å². The molecule has 0 fully saturated rings. The molecule has 2 rings (SSSR count). The van der Waals surface area contributed by atoms with E-state index in [1.807, 2.05) is 25.1 Å². The summed E-state index contributed by atoms with van der Waals surface area (Å²) in [6, 6.07) is 5.87. The molecule has 2 aromatic rings. The van der Waals surface area contributed by atoms with E-state index in [1.165, 1.54) is 0 Å². The zero-order chi connectivity index (χ0) is 10.1. The smallest absolute Gasteiger partial charge is 0.231 e. The van der Waals surface area contributed by atoms with Crippen LogP contribution in [0.3, 0.4) is 0 Å². The van der Waals surface area contributed by atoms with Crippen molar-refractivity contribution < 1.29 is 5.48 Å². The summed E-state index contributed by atoms with van der Waals surface area (Å²) in [7, 11) is 0. The maximum Gasteiger partial charge on any atom is 0.231 e. The van der Waals surface area contributed by atoms with Gasteiger partial charge in [-0.1, -0.05) is 12.1 Å². The van der Waals surface area contributed by atoms with Gasteiger partial charge in [-0.25, -0.2) is 4.98 Å². The average molecular weight is 280 g/mol. The molecule has 96 valence electrons. The van der Waals surface area contributed by atoms with Gasteiger partial charge in [0.2, 0.25) is 5.95 Å². The molecule has 0 radical (unpaired) electrons. The topological polar surface area (TPSA) is 125 Å². The van der Waals surface area contributed by atoms with Crippen molar-refractivity contribution in [2.75, 3.05) is 0 Å². The molecule has 17 heavy (non-hydrogen) atoms. The summed E-state index contributed by atoms with van der Waals surface area (Å²) in [5, 5.41) is 0. The third-order valence-corrected chi connectivity index (χ3v) is 1.94. The quantitative estimate of drug-likeness (QED) is 0.528. The SMILES string of the molecule is Cc1cccc2[nH]c(N=C(N)N)nc12.Cl.Cl.O. The molecular formula is C9H15Cl2N5O. The fraction of sp³-hybridized carbons (Fsp3) is 0.111. The molecule has 7 N–H and O–H groups in total. The van der Waals surface area contributed by atoms with Gasteiger partial charge in [0.05, 0.1) is 11.0 Å². The van der Waals surface area contributed by atoms with E-state index in [0.29, 0.717) is 5.95 Å². The molecule has 0 amide bonds. The van der Waals surface area contributed by atoms with Crippen LogP contribution in [0.25, 0.3) is 11.0 Å². The first-order valence-corrected chi connectivity index (χ1v) is 4.22. The number of H-pyrrole nitrogens is 1. The van der Waals surface area contributed by atoms with E-state index < -0.39 is 0 Å². The van der Waals surface area contributed by atoms with Crippen molar-refractivity contribution in [1.82, 2.24) is 9.97 Å². The number of aliphatic imine (C=N–C) groups is 1. The highest BCUT2D eigenvalue weighted by molar-refractivity contribution is 5.85. The van der Waals surface area contributed by atoms with Crippen LogP contribution in [0.5, 0.6) is 0 Å². The Morgan fingerprint density at radius 2 is 1.94 bits per heavy atom. The van der Waals surface area contributed by atoms with E-state index in [2.05, 4.69) is 15.0 Å².